The molecule has 0 radical (unpaired) electrons. The Morgan fingerprint density at radius 3 is 2.56 bits per heavy atom. The van der Waals surface area contributed by atoms with Gasteiger partial charge in [-0.05, 0) is 19.9 Å². The molecule has 1 atom stereocenters. The summed E-state index contributed by atoms with van der Waals surface area (Å²) in [6.07, 6.45) is 1.51. The molecule has 0 bridgehead atoms. The first kappa shape index (κ1) is 12.9. The van der Waals surface area contributed by atoms with Crippen molar-refractivity contribution in [3.8, 4) is 6.07 Å². The van der Waals surface area contributed by atoms with Crippen molar-refractivity contribution in [2.24, 2.45) is 0 Å². The molecule has 0 saturated carbocycles. The van der Waals surface area contributed by atoms with E-state index < -0.39 is 5.97 Å². The molecule has 5 nitrogen and oxygen atoms in total. The van der Waals surface area contributed by atoms with Crippen molar-refractivity contribution in [3.05, 3.63) is 0 Å². The number of nitriles is 1. The first-order valence-corrected chi connectivity index (χ1v) is 5.71. The minimum Gasteiger partial charge on any atom is -0.480 e. The van der Waals surface area contributed by atoms with Crippen molar-refractivity contribution in [1.29, 1.82) is 5.26 Å². The highest BCUT2D eigenvalue weighted by molar-refractivity contribution is 5.72. The average molecular weight is 225 g/mol. The van der Waals surface area contributed by atoms with Gasteiger partial charge in [0.25, 0.3) is 0 Å². The maximum atomic E-state index is 10.8. The van der Waals surface area contributed by atoms with E-state index in [9.17, 15) is 4.79 Å². The number of hydrogen-bond acceptors (Lipinski definition) is 4. The summed E-state index contributed by atoms with van der Waals surface area (Å²) >= 11 is 0. The molecule has 5 heteroatoms. The van der Waals surface area contributed by atoms with Gasteiger partial charge in [0.1, 0.15) is 6.04 Å². The number of rotatable bonds is 5. The topological polar surface area (TPSA) is 67.6 Å². The number of nitrogens with zero attached hydrogens (tertiary/aromatic N) is 3. The van der Waals surface area contributed by atoms with Crippen LogP contribution in [0.25, 0.3) is 0 Å². The highest BCUT2D eigenvalue weighted by Crippen LogP contribution is 2.07. The Kier molecular flexibility index (Phi) is 5.23. The molecule has 1 unspecified atom stereocenters. The Morgan fingerprint density at radius 2 is 2.06 bits per heavy atom. The number of carboxylic acid groups (broad SMARTS) is 1. The molecule has 1 heterocycles. The predicted molar refractivity (Wildman–Crippen MR) is 60.0 cm³/mol. The van der Waals surface area contributed by atoms with Crippen molar-refractivity contribution in [2.45, 2.75) is 25.8 Å². The lowest BCUT2D eigenvalue weighted by Crippen LogP contribution is -2.51. The van der Waals surface area contributed by atoms with Gasteiger partial charge in [0, 0.05) is 32.6 Å². The molecule has 0 amide bonds. The van der Waals surface area contributed by atoms with Gasteiger partial charge in [0.2, 0.25) is 0 Å². The van der Waals surface area contributed by atoms with E-state index in [2.05, 4.69) is 11.0 Å². The second kappa shape index (κ2) is 6.46. The van der Waals surface area contributed by atoms with Crippen LogP contribution in [0.15, 0.2) is 0 Å². The number of carboxylic acids is 1. The monoisotopic (exact) mass is 225 g/mol. The number of aliphatic carboxylic acids is 1. The van der Waals surface area contributed by atoms with Crippen LogP contribution in [-0.4, -0.2) is 59.6 Å². The molecule has 1 rings (SSSR count). The van der Waals surface area contributed by atoms with Gasteiger partial charge < -0.3 is 10.0 Å². The van der Waals surface area contributed by atoms with Crippen LogP contribution in [0.4, 0.5) is 0 Å². The molecule has 1 aliphatic rings. The minimum atomic E-state index is -0.752. The molecule has 90 valence electrons. The Bertz CT molecular complexity index is 267. The van der Waals surface area contributed by atoms with Crippen molar-refractivity contribution >= 4 is 5.97 Å². The third-order valence-electron chi connectivity index (χ3n) is 3.07. The molecule has 1 N–H and O–H groups in total. The maximum Gasteiger partial charge on any atom is 0.320 e. The van der Waals surface area contributed by atoms with Gasteiger partial charge in [-0.3, -0.25) is 9.69 Å². The van der Waals surface area contributed by atoms with Crippen molar-refractivity contribution in [1.82, 2.24) is 9.80 Å². The summed E-state index contributed by atoms with van der Waals surface area (Å²) in [5.74, 6) is -0.752. The molecular formula is C11H19N3O2. The van der Waals surface area contributed by atoms with Crippen LogP contribution < -0.4 is 0 Å². The van der Waals surface area contributed by atoms with Gasteiger partial charge in [-0.1, -0.05) is 0 Å². The van der Waals surface area contributed by atoms with E-state index in [1.54, 1.807) is 6.92 Å². The Hall–Kier alpha value is -1.12. The molecule has 1 fully saturated rings. The number of hydrogen-bond donors (Lipinski definition) is 1. The molecule has 16 heavy (non-hydrogen) atoms. The quantitative estimate of drug-likeness (QED) is 0.685. The number of piperazine rings is 1. The highest BCUT2D eigenvalue weighted by atomic mass is 16.4. The van der Waals surface area contributed by atoms with E-state index in [1.807, 2.05) is 4.90 Å². The van der Waals surface area contributed by atoms with Gasteiger partial charge in [-0.25, -0.2) is 0 Å². The fraction of sp³-hybridized carbons (Fsp3) is 0.818. The first-order valence-electron chi connectivity index (χ1n) is 5.71. The Labute approximate surface area is 96.3 Å². The molecule has 1 saturated heterocycles. The standard InChI is InChI=1S/C11H19N3O2/c1-10(11(15)16)14-8-6-13(7-9-14)5-3-2-4-12/h10H,2-3,5-9H2,1H3,(H,15,16). The van der Waals surface area contributed by atoms with Gasteiger partial charge in [-0.15, -0.1) is 0 Å². The molecule has 0 aliphatic carbocycles. The molecule has 1 aliphatic heterocycles. The summed E-state index contributed by atoms with van der Waals surface area (Å²) in [5.41, 5.74) is 0. The van der Waals surface area contributed by atoms with Gasteiger partial charge >= 0.3 is 5.97 Å². The average Bonchev–Trinajstić information content (AvgIpc) is 2.29. The minimum absolute atomic E-state index is 0.388. The number of unbranched alkanes of at least 4 members (excludes halogenated alkanes) is 1. The third kappa shape index (κ3) is 3.80. The van der Waals surface area contributed by atoms with Crippen molar-refractivity contribution in [2.75, 3.05) is 32.7 Å². The summed E-state index contributed by atoms with van der Waals surface area (Å²) < 4.78 is 0. The van der Waals surface area contributed by atoms with Gasteiger partial charge in [-0.2, -0.15) is 5.26 Å². The fourth-order valence-corrected chi connectivity index (χ4v) is 1.91. The zero-order valence-corrected chi connectivity index (χ0v) is 9.72. The van der Waals surface area contributed by atoms with E-state index in [0.717, 1.165) is 39.1 Å². The lowest BCUT2D eigenvalue weighted by molar-refractivity contribution is -0.143. The van der Waals surface area contributed by atoms with Gasteiger partial charge in [0.05, 0.1) is 6.07 Å². The summed E-state index contributed by atoms with van der Waals surface area (Å²) in [4.78, 5) is 15.1. The normalized spacial score (nSPS) is 20.2. The molecule has 0 aromatic heterocycles. The Morgan fingerprint density at radius 1 is 1.44 bits per heavy atom. The summed E-state index contributed by atoms with van der Waals surface area (Å²) in [7, 11) is 0. The third-order valence-corrected chi connectivity index (χ3v) is 3.07. The summed E-state index contributed by atoms with van der Waals surface area (Å²) in [5, 5.41) is 17.3. The van der Waals surface area contributed by atoms with Crippen LogP contribution in [0.3, 0.4) is 0 Å². The van der Waals surface area contributed by atoms with E-state index in [4.69, 9.17) is 10.4 Å². The second-order valence-corrected chi connectivity index (χ2v) is 4.15. The van der Waals surface area contributed by atoms with Crippen molar-refractivity contribution < 1.29 is 9.90 Å². The SMILES string of the molecule is CC(C(=O)O)N1CCN(CCCC#N)CC1. The smallest absolute Gasteiger partial charge is 0.320 e. The summed E-state index contributed by atoms with van der Waals surface area (Å²) in [6.45, 7) is 6.10. The largest absolute Gasteiger partial charge is 0.480 e. The van der Waals surface area contributed by atoms with E-state index in [0.29, 0.717) is 6.42 Å². The van der Waals surface area contributed by atoms with Crippen LogP contribution in [0, 0.1) is 11.3 Å². The maximum absolute atomic E-state index is 10.8. The van der Waals surface area contributed by atoms with Crippen LogP contribution in [0.2, 0.25) is 0 Å². The fourth-order valence-electron chi connectivity index (χ4n) is 1.91. The predicted octanol–water partition coefficient (Wildman–Crippen LogP) is 0.381. The molecule has 0 spiro atoms. The van der Waals surface area contributed by atoms with E-state index in [-0.39, 0.29) is 6.04 Å². The zero-order valence-electron chi connectivity index (χ0n) is 9.72. The van der Waals surface area contributed by atoms with Crippen LogP contribution >= 0.6 is 0 Å². The number of carbonyl (C=O) groups is 1. The van der Waals surface area contributed by atoms with E-state index in [1.165, 1.54) is 0 Å². The van der Waals surface area contributed by atoms with Crippen LogP contribution in [0.5, 0.6) is 0 Å². The van der Waals surface area contributed by atoms with E-state index >= 15 is 0 Å². The zero-order chi connectivity index (χ0) is 12.0. The van der Waals surface area contributed by atoms with Gasteiger partial charge in [0.15, 0.2) is 0 Å². The molecular weight excluding hydrogens is 206 g/mol. The summed E-state index contributed by atoms with van der Waals surface area (Å²) in [6, 6.07) is 1.75. The van der Waals surface area contributed by atoms with Crippen LogP contribution in [-0.2, 0) is 4.79 Å². The van der Waals surface area contributed by atoms with Crippen molar-refractivity contribution in [3.63, 3.8) is 0 Å². The van der Waals surface area contributed by atoms with Crippen LogP contribution in [0.1, 0.15) is 19.8 Å². The lowest BCUT2D eigenvalue weighted by atomic mass is 10.2. The lowest BCUT2D eigenvalue weighted by Gasteiger charge is -2.36. The molecule has 0 aromatic rings. The highest BCUT2D eigenvalue weighted by Gasteiger charge is 2.24. The second-order valence-electron chi connectivity index (χ2n) is 4.15. The first-order chi connectivity index (χ1) is 7.65. The molecule has 0 aromatic carbocycles. The Balaban J connectivity index is 2.23.